The second kappa shape index (κ2) is 7.11. The van der Waals surface area contributed by atoms with Gasteiger partial charge in [0.2, 0.25) is 0 Å². The van der Waals surface area contributed by atoms with Crippen molar-refractivity contribution >= 4 is 18.5 Å². The molecule has 26 heavy (non-hydrogen) atoms. The van der Waals surface area contributed by atoms with Crippen LogP contribution in [0.15, 0.2) is 48.5 Å². The molecule has 1 aliphatic heterocycles. The predicted molar refractivity (Wildman–Crippen MR) is 86.3 cm³/mol. The molecule has 1 N–H and O–H groups in total. The molecule has 2 aromatic rings. The van der Waals surface area contributed by atoms with Gasteiger partial charge in [-0.2, -0.15) is 13.2 Å². The first-order chi connectivity index (χ1) is 11.7. The number of benzene rings is 2. The molecular formula is C17H13ClF5NO2. The number of hydrogen-bond acceptors (Lipinski definition) is 2. The minimum atomic E-state index is -4.42. The highest BCUT2D eigenvalue weighted by molar-refractivity contribution is 5.85. The molecule has 1 amide bonds. The fourth-order valence-corrected chi connectivity index (χ4v) is 2.56. The maximum Gasteiger partial charge on any atom is 0.416 e. The topological polar surface area (TPSA) is 38.3 Å². The molecule has 0 aliphatic carbocycles. The summed E-state index contributed by atoms with van der Waals surface area (Å²) in [5.41, 5.74) is 0.497. The fraction of sp³-hybridized carbons (Fsp3) is 0.235. The van der Waals surface area contributed by atoms with E-state index in [1.165, 1.54) is 36.4 Å². The minimum absolute atomic E-state index is 0. The number of halogens is 6. The van der Waals surface area contributed by atoms with Gasteiger partial charge in [-0.25, -0.2) is 13.6 Å². The number of carbonyl (C=O) groups excluding carboxylic acids is 1. The zero-order valence-corrected chi connectivity index (χ0v) is 13.8. The average molecular weight is 394 g/mol. The van der Waals surface area contributed by atoms with Gasteiger partial charge in [-0.05, 0) is 28.8 Å². The monoisotopic (exact) mass is 393 g/mol. The van der Waals surface area contributed by atoms with E-state index in [0.29, 0.717) is 11.1 Å². The highest BCUT2D eigenvalue weighted by atomic mass is 35.5. The van der Waals surface area contributed by atoms with Crippen LogP contribution in [0.25, 0.3) is 11.1 Å². The van der Waals surface area contributed by atoms with E-state index in [0.717, 1.165) is 12.1 Å². The molecule has 1 atom stereocenters. The molecule has 2 aromatic carbocycles. The van der Waals surface area contributed by atoms with Gasteiger partial charge in [0.05, 0.1) is 5.56 Å². The number of nitrogens with one attached hydrogen (secondary N) is 1. The van der Waals surface area contributed by atoms with Crippen LogP contribution in [0.4, 0.5) is 26.7 Å². The number of ether oxygens (including phenoxy) is 1. The van der Waals surface area contributed by atoms with Crippen LogP contribution in [0.1, 0.15) is 17.2 Å². The molecule has 0 saturated carbocycles. The van der Waals surface area contributed by atoms with Crippen LogP contribution in [0.5, 0.6) is 0 Å². The van der Waals surface area contributed by atoms with Crippen LogP contribution in [-0.2, 0) is 10.9 Å². The van der Waals surface area contributed by atoms with Crippen molar-refractivity contribution in [2.24, 2.45) is 0 Å². The molecule has 0 aromatic heterocycles. The zero-order chi connectivity index (χ0) is 18.2. The summed E-state index contributed by atoms with van der Waals surface area (Å²) < 4.78 is 69.7. The standard InChI is InChI=1S/C17H12F5NO2.ClH/c18-16(19)9-25-15(24)23-14(16)12-3-1-10(2-4-12)11-5-7-13(8-6-11)17(20,21)22;/h1-8,14H,9H2,(H,23,24);1H/t14-;/m0./s1. The molecule has 0 radical (unpaired) electrons. The number of alkyl halides is 5. The first-order valence-corrected chi connectivity index (χ1v) is 7.25. The number of rotatable bonds is 2. The van der Waals surface area contributed by atoms with Gasteiger partial charge in [0.25, 0.3) is 0 Å². The van der Waals surface area contributed by atoms with Gasteiger partial charge in [-0.1, -0.05) is 36.4 Å². The smallest absolute Gasteiger partial charge is 0.416 e. The van der Waals surface area contributed by atoms with Crippen molar-refractivity contribution in [3.05, 3.63) is 59.7 Å². The van der Waals surface area contributed by atoms with Crippen molar-refractivity contribution in [2.75, 3.05) is 6.61 Å². The summed E-state index contributed by atoms with van der Waals surface area (Å²) in [4.78, 5) is 11.2. The Balaban J connectivity index is 0.00000243. The molecule has 140 valence electrons. The maximum absolute atomic E-state index is 13.9. The lowest BCUT2D eigenvalue weighted by molar-refractivity contribution is -0.137. The summed E-state index contributed by atoms with van der Waals surface area (Å²) in [7, 11) is 0. The Labute approximate surface area is 151 Å². The van der Waals surface area contributed by atoms with Gasteiger partial charge >= 0.3 is 18.2 Å². The number of carbonyl (C=O) groups is 1. The summed E-state index contributed by atoms with van der Waals surface area (Å²) in [6, 6.07) is 8.83. The second-order valence-corrected chi connectivity index (χ2v) is 5.61. The zero-order valence-electron chi connectivity index (χ0n) is 13.0. The summed E-state index contributed by atoms with van der Waals surface area (Å²) in [5.74, 6) is -3.26. The number of alkyl carbamates (subject to hydrolysis) is 1. The fourth-order valence-electron chi connectivity index (χ4n) is 2.56. The number of cyclic esters (lactones) is 1. The lowest BCUT2D eigenvalue weighted by atomic mass is 9.96. The third kappa shape index (κ3) is 4.07. The quantitative estimate of drug-likeness (QED) is 0.711. The largest absolute Gasteiger partial charge is 0.443 e. The van der Waals surface area contributed by atoms with Gasteiger partial charge in [0.15, 0.2) is 6.61 Å². The van der Waals surface area contributed by atoms with Crippen LogP contribution >= 0.6 is 12.4 Å². The molecule has 9 heteroatoms. The lowest BCUT2D eigenvalue weighted by Gasteiger charge is -2.31. The van der Waals surface area contributed by atoms with Gasteiger partial charge in [0.1, 0.15) is 6.04 Å². The Morgan fingerprint density at radius 1 is 0.962 bits per heavy atom. The van der Waals surface area contributed by atoms with Crippen LogP contribution in [0.3, 0.4) is 0 Å². The van der Waals surface area contributed by atoms with E-state index >= 15 is 0 Å². The Kier molecular flexibility index (Phi) is 5.46. The summed E-state index contributed by atoms with van der Waals surface area (Å²) in [6.45, 7) is -1.01. The number of amides is 1. The SMILES string of the molecule is Cl.O=C1N[C@@H](c2ccc(-c3ccc(C(F)(F)F)cc3)cc2)C(F)(F)CO1. The Morgan fingerprint density at radius 3 is 1.96 bits per heavy atom. The molecule has 0 spiro atoms. The Hall–Kier alpha value is -2.35. The Morgan fingerprint density at radius 2 is 1.46 bits per heavy atom. The van der Waals surface area contributed by atoms with E-state index < -0.39 is 36.4 Å². The third-order valence-electron chi connectivity index (χ3n) is 3.87. The molecule has 0 unspecified atom stereocenters. The normalized spacial score (nSPS) is 19.1. The highest BCUT2D eigenvalue weighted by Gasteiger charge is 2.46. The first-order valence-electron chi connectivity index (χ1n) is 7.25. The molecule has 1 saturated heterocycles. The first kappa shape index (κ1) is 20.0. The van der Waals surface area contributed by atoms with Crippen molar-refractivity contribution < 1.29 is 31.5 Å². The van der Waals surface area contributed by atoms with E-state index in [1.807, 2.05) is 0 Å². The van der Waals surface area contributed by atoms with Crippen molar-refractivity contribution in [1.29, 1.82) is 0 Å². The van der Waals surface area contributed by atoms with E-state index in [9.17, 15) is 26.7 Å². The van der Waals surface area contributed by atoms with Crippen LogP contribution < -0.4 is 5.32 Å². The molecule has 0 bridgehead atoms. The summed E-state index contributed by atoms with van der Waals surface area (Å²) in [5, 5.41) is 2.07. The number of hydrogen-bond donors (Lipinski definition) is 1. The molecule has 1 aliphatic rings. The minimum Gasteiger partial charge on any atom is -0.443 e. The van der Waals surface area contributed by atoms with Crippen molar-refractivity contribution in [3.63, 3.8) is 0 Å². The van der Waals surface area contributed by atoms with Gasteiger partial charge < -0.3 is 10.1 Å². The van der Waals surface area contributed by atoms with Crippen LogP contribution in [0.2, 0.25) is 0 Å². The van der Waals surface area contributed by atoms with Crippen molar-refractivity contribution in [2.45, 2.75) is 18.1 Å². The van der Waals surface area contributed by atoms with Crippen LogP contribution in [0, 0.1) is 0 Å². The molecule has 3 rings (SSSR count). The van der Waals surface area contributed by atoms with Crippen molar-refractivity contribution in [3.8, 4) is 11.1 Å². The molecule has 3 nitrogen and oxygen atoms in total. The maximum atomic E-state index is 13.9. The molecule has 1 heterocycles. The van der Waals surface area contributed by atoms with E-state index in [1.54, 1.807) is 0 Å². The average Bonchev–Trinajstić information content (AvgIpc) is 2.57. The summed E-state index contributed by atoms with van der Waals surface area (Å²) >= 11 is 0. The van der Waals surface area contributed by atoms with Gasteiger partial charge in [0, 0.05) is 0 Å². The lowest BCUT2D eigenvalue weighted by Crippen LogP contribution is -2.49. The van der Waals surface area contributed by atoms with E-state index in [-0.39, 0.29) is 18.0 Å². The molecule has 1 fully saturated rings. The summed E-state index contributed by atoms with van der Waals surface area (Å²) in [6.07, 6.45) is -5.35. The van der Waals surface area contributed by atoms with Crippen LogP contribution in [-0.4, -0.2) is 18.6 Å². The van der Waals surface area contributed by atoms with Crippen molar-refractivity contribution in [1.82, 2.24) is 5.32 Å². The van der Waals surface area contributed by atoms with Gasteiger partial charge in [-0.3, -0.25) is 0 Å². The van der Waals surface area contributed by atoms with E-state index in [2.05, 4.69) is 10.1 Å². The van der Waals surface area contributed by atoms with E-state index in [4.69, 9.17) is 0 Å². The Bertz CT molecular complexity index is 775. The predicted octanol–water partition coefficient (Wildman–Crippen LogP) is 5.21. The third-order valence-corrected chi connectivity index (χ3v) is 3.87. The highest BCUT2D eigenvalue weighted by Crippen LogP contribution is 2.35. The second-order valence-electron chi connectivity index (χ2n) is 5.61. The van der Waals surface area contributed by atoms with Gasteiger partial charge in [-0.15, -0.1) is 12.4 Å². The molecular weight excluding hydrogens is 381 g/mol.